The lowest BCUT2D eigenvalue weighted by molar-refractivity contribution is 0.292. The van der Waals surface area contributed by atoms with Crippen LogP contribution in [0.2, 0.25) is 0 Å². The van der Waals surface area contributed by atoms with E-state index in [9.17, 15) is 4.39 Å². The first-order valence-electron chi connectivity index (χ1n) is 6.59. The van der Waals surface area contributed by atoms with Crippen LogP contribution in [0.25, 0.3) is 16.7 Å². The van der Waals surface area contributed by atoms with Crippen molar-refractivity contribution in [2.24, 2.45) is 0 Å². The minimum Gasteiger partial charge on any atom is -0.396 e. The van der Waals surface area contributed by atoms with Gasteiger partial charge in [-0.05, 0) is 18.6 Å². The van der Waals surface area contributed by atoms with Crippen molar-refractivity contribution in [3.63, 3.8) is 0 Å². The van der Waals surface area contributed by atoms with Gasteiger partial charge >= 0.3 is 0 Å². The van der Waals surface area contributed by atoms with E-state index in [0.717, 1.165) is 0 Å². The van der Waals surface area contributed by atoms with Crippen LogP contribution in [-0.4, -0.2) is 38.0 Å². The highest BCUT2D eigenvalue weighted by Crippen LogP contribution is 2.22. The Hall–Kier alpha value is -2.54. The number of aromatic nitrogens is 4. The van der Waals surface area contributed by atoms with E-state index in [1.807, 2.05) is 0 Å². The van der Waals surface area contributed by atoms with Gasteiger partial charge in [-0.1, -0.05) is 12.1 Å². The molecule has 108 valence electrons. The molecule has 0 amide bonds. The highest BCUT2D eigenvalue weighted by molar-refractivity contribution is 5.87. The predicted octanol–water partition coefficient (Wildman–Crippen LogP) is 1.75. The van der Waals surface area contributed by atoms with Crippen molar-refractivity contribution in [2.75, 3.05) is 18.5 Å². The maximum absolute atomic E-state index is 13.9. The van der Waals surface area contributed by atoms with Crippen LogP contribution in [0.3, 0.4) is 0 Å². The van der Waals surface area contributed by atoms with Gasteiger partial charge in [-0.15, -0.1) is 0 Å². The van der Waals surface area contributed by atoms with Crippen LogP contribution < -0.4 is 5.32 Å². The number of aliphatic hydroxyl groups is 1. The Labute approximate surface area is 120 Å². The molecule has 0 fully saturated rings. The van der Waals surface area contributed by atoms with Crippen LogP contribution in [0.1, 0.15) is 6.42 Å². The van der Waals surface area contributed by atoms with Crippen LogP contribution >= 0.6 is 0 Å². The summed E-state index contributed by atoms with van der Waals surface area (Å²) >= 11 is 0. The number of halogens is 1. The van der Waals surface area contributed by atoms with E-state index in [4.69, 9.17) is 5.11 Å². The lowest BCUT2D eigenvalue weighted by Crippen LogP contribution is -2.06. The summed E-state index contributed by atoms with van der Waals surface area (Å²) < 4.78 is 15.3. The number of rotatable bonds is 5. The van der Waals surface area contributed by atoms with E-state index in [1.54, 1.807) is 24.4 Å². The number of hydrogen-bond acceptors (Lipinski definition) is 5. The lowest BCUT2D eigenvalue weighted by Gasteiger charge is -2.06. The van der Waals surface area contributed by atoms with Crippen molar-refractivity contribution in [1.29, 1.82) is 0 Å². The second-order valence-corrected chi connectivity index (χ2v) is 4.47. The first kappa shape index (κ1) is 13.4. The molecule has 0 bridgehead atoms. The van der Waals surface area contributed by atoms with Crippen molar-refractivity contribution in [2.45, 2.75) is 6.42 Å². The first-order valence-corrected chi connectivity index (χ1v) is 6.59. The van der Waals surface area contributed by atoms with E-state index in [-0.39, 0.29) is 12.4 Å². The molecule has 21 heavy (non-hydrogen) atoms. The fourth-order valence-electron chi connectivity index (χ4n) is 2.07. The minimum atomic E-state index is -0.365. The van der Waals surface area contributed by atoms with E-state index in [2.05, 4.69) is 20.4 Å². The van der Waals surface area contributed by atoms with E-state index in [0.29, 0.717) is 35.5 Å². The lowest BCUT2D eigenvalue weighted by atomic mass is 10.3. The summed E-state index contributed by atoms with van der Waals surface area (Å²) in [6.07, 6.45) is 3.62. The Balaban J connectivity index is 2.03. The van der Waals surface area contributed by atoms with Crippen LogP contribution in [0.4, 0.5) is 10.2 Å². The SMILES string of the molecule is OCCCNc1ncnc2c1cnn2-c1ccccc1F. The molecule has 0 aliphatic carbocycles. The zero-order valence-electron chi connectivity index (χ0n) is 11.2. The quantitative estimate of drug-likeness (QED) is 0.699. The molecule has 7 heteroatoms. The molecule has 0 radical (unpaired) electrons. The second-order valence-electron chi connectivity index (χ2n) is 4.47. The molecule has 0 aliphatic rings. The van der Waals surface area contributed by atoms with E-state index < -0.39 is 0 Å². The number of nitrogens with zero attached hydrogens (tertiary/aromatic N) is 4. The van der Waals surface area contributed by atoms with Gasteiger partial charge in [0.2, 0.25) is 0 Å². The van der Waals surface area contributed by atoms with Crippen LogP contribution in [0.15, 0.2) is 36.8 Å². The molecule has 2 aromatic heterocycles. The highest BCUT2D eigenvalue weighted by atomic mass is 19.1. The molecule has 3 aromatic rings. The van der Waals surface area contributed by atoms with Gasteiger partial charge < -0.3 is 10.4 Å². The Morgan fingerprint density at radius 1 is 1.24 bits per heavy atom. The summed E-state index contributed by atoms with van der Waals surface area (Å²) in [6.45, 7) is 0.698. The largest absolute Gasteiger partial charge is 0.396 e. The summed E-state index contributed by atoms with van der Waals surface area (Å²) in [5.41, 5.74) is 0.870. The van der Waals surface area contributed by atoms with Crippen molar-refractivity contribution in [3.8, 4) is 5.69 Å². The highest BCUT2D eigenvalue weighted by Gasteiger charge is 2.13. The molecule has 2 N–H and O–H groups in total. The smallest absolute Gasteiger partial charge is 0.168 e. The topological polar surface area (TPSA) is 75.9 Å². The molecule has 0 aliphatic heterocycles. The number of fused-ring (bicyclic) bond motifs is 1. The van der Waals surface area contributed by atoms with Crippen LogP contribution in [0.5, 0.6) is 0 Å². The minimum absolute atomic E-state index is 0.107. The van der Waals surface area contributed by atoms with E-state index >= 15 is 0 Å². The molecule has 3 rings (SSSR count). The molecule has 0 unspecified atom stereocenters. The number of nitrogens with one attached hydrogen (secondary N) is 1. The average molecular weight is 287 g/mol. The predicted molar refractivity (Wildman–Crippen MR) is 76.8 cm³/mol. The number of para-hydroxylation sites is 1. The Morgan fingerprint density at radius 3 is 2.90 bits per heavy atom. The van der Waals surface area contributed by atoms with Crippen molar-refractivity contribution in [3.05, 3.63) is 42.6 Å². The van der Waals surface area contributed by atoms with Crippen LogP contribution in [0, 0.1) is 5.82 Å². The second kappa shape index (κ2) is 5.84. The number of anilines is 1. The summed E-state index contributed by atoms with van der Waals surface area (Å²) in [6, 6.07) is 6.39. The molecule has 0 atom stereocenters. The van der Waals surface area contributed by atoms with Crippen molar-refractivity contribution in [1.82, 2.24) is 19.7 Å². The fraction of sp³-hybridized carbons (Fsp3) is 0.214. The molecular formula is C14H14FN5O. The van der Waals surface area contributed by atoms with Gasteiger partial charge in [0.25, 0.3) is 0 Å². The molecule has 0 spiro atoms. The van der Waals surface area contributed by atoms with Gasteiger partial charge in [-0.25, -0.2) is 19.0 Å². The molecule has 2 heterocycles. The molecule has 6 nitrogen and oxygen atoms in total. The number of benzene rings is 1. The van der Waals surface area contributed by atoms with Crippen molar-refractivity contribution >= 4 is 16.9 Å². The Bertz CT molecular complexity index is 758. The van der Waals surface area contributed by atoms with Gasteiger partial charge in [0.05, 0.1) is 11.6 Å². The summed E-state index contributed by atoms with van der Waals surface area (Å²) in [5.74, 6) is 0.256. The van der Waals surface area contributed by atoms with Gasteiger partial charge in [0.15, 0.2) is 5.65 Å². The van der Waals surface area contributed by atoms with E-state index in [1.165, 1.54) is 17.1 Å². The van der Waals surface area contributed by atoms with Gasteiger partial charge in [0.1, 0.15) is 23.6 Å². The maximum atomic E-state index is 13.9. The monoisotopic (exact) mass is 287 g/mol. The third kappa shape index (κ3) is 2.55. The third-order valence-corrected chi connectivity index (χ3v) is 3.07. The van der Waals surface area contributed by atoms with Gasteiger partial charge in [-0.2, -0.15) is 5.10 Å². The molecular weight excluding hydrogens is 273 g/mol. The molecule has 0 saturated carbocycles. The fourth-order valence-corrected chi connectivity index (χ4v) is 2.07. The van der Waals surface area contributed by atoms with Crippen LogP contribution in [-0.2, 0) is 0 Å². The molecule has 1 aromatic carbocycles. The summed E-state index contributed by atoms with van der Waals surface area (Å²) in [7, 11) is 0. The van der Waals surface area contributed by atoms with Gasteiger partial charge in [-0.3, -0.25) is 0 Å². The zero-order chi connectivity index (χ0) is 14.7. The van der Waals surface area contributed by atoms with Gasteiger partial charge in [0, 0.05) is 13.2 Å². The third-order valence-electron chi connectivity index (χ3n) is 3.07. The summed E-state index contributed by atoms with van der Waals surface area (Å²) in [4.78, 5) is 8.34. The summed E-state index contributed by atoms with van der Waals surface area (Å²) in [5, 5.41) is 16.8. The Kier molecular flexibility index (Phi) is 3.74. The Morgan fingerprint density at radius 2 is 2.10 bits per heavy atom. The number of aliphatic hydroxyl groups excluding tert-OH is 1. The standard InChI is InChI=1S/C14H14FN5O/c15-11-4-1-2-5-12(11)20-14-10(8-19-20)13(17-9-18-14)16-6-3-7-21/h1-2,4-5,8-9,21H,3,6-7H2,(H,16,17,18). The maximum Gasteiger partial charge on any atom is 0.168 e. The average Bonchev–Trinajstić information content (AvgIpc) is 2.93. The number of hydrogen-bond donors (Lipinski definition) is 2. The normalized spacial score (nSPS) is 11.0. The zero-order valence-corrected chi connectivity index (χ0v) is 11.2. The molecule has 0 saturated heterocycles. The van der Waals surface area contributed by atoms with Crippen molar-refractivity contribution < 1.29 is 9.50 Å². The first-order chi connectivity index (χ1) is 10.3.